The minimum atomic E-state index is -0.248. The van der Waals surface area contributed by atoms with Gasteiger partial charge in [-0.05, 0) is 0 Å². The van der Waals surface area contributed by atoms with Gasteiger partial charge in [0.05, 0.1) is 0 Å². The molecule has 0 atom stereocenters. The average Bonchev–Trinajstić information content (AvgIpc) is 2.75. The van der Waals surface area contributed by atoms with Gasteiger partial charge < -0.3 is 0 Å². The van der Waals surface area contributed by atoms with Crippen molar-refractivity contribution in [2.45, 2.75) is 13.3 Å². The SMILES string of the molecule is COc1ccc(/C(=C(\CCOC(C)=O)[Se]c2ccccc2)c2ccccc2)cc1. The quantitative estimate of drug-likeness (QED) is 0.375. The summed E-state index contributed by atoms with van der Waals surface area (Å²) < 4.78 is 13.2. The van der Waals surface area contributed by atoms with Gasteiger partial charge in [-0.1, -0.05) is 0 Å². The number of benzene rings is 3. The Balaban J connectivity index is 2.09. The predicted molar refractivity (Wildman–Crippen MR) is 119 cm³/mol. The molecule has 0 N–H and O–H groups in total. The predicted octanol–water partition coefficient (Wildman–Crippen LogP) is 4.44. The van der Waals surface area contributed by atoms with Crippen LogP contribution in [-0.4, -0.2) is 34.6 Å². The van der Waals surface area contributed by atoms with E-state index in [0.29, 0.717) is 13.0 Å². The Kier molecular flexibility index (Phi) is 7.68. The van der Waals surface area contributed by atoms with Crippen LogP contribution in [0.25, 0.3) is 5.57 Å². The Bertz CT molecular complexity index is 948. The van der Waals surface area contributed by atoms with Gasteiger partial charge in [0.25, 0.3) is 0 Å². The second kappa shape index (κ2) is 10.7. The maximum absolute atomic E-state index is 11.3. The van der Waals surface area contributed by atoms with E-state index in [2.05, 4.69) is 60.7 Å². The van der Waals surface area contributed by atoms with Crippen molar-refractivity contribution in [1.29, 1.82) is 0 Å². The molecule has 148 valence electrons. The molecular weight excluding hydrogens is 427 g/mol. The van der Waals surface area contributed by atoms with E-state index in [1.165, 1.54) is 21.4 Å². The molecule has 0 aromatic heterocycles. The summed E-state index contributed by atoms with van der Waals surface area (Å²) in [4.78, 5) is 11.3. The first kappa shape index (κ1) is 20.9. The standard InChI is InChI=1S/C25H24O3Se/c1-19(26)28-18-17-24(29-23-11-7-4-8-12-23)25(20-9-5-3-6-10-20)21-13-15-22(27-2)16-14-21/h3-16H,17-18H2,1-2H3/b25-24+. The summed E-state index contributed by atoms with van der Waals surface area (Å²) in [5.74, 6) is 0.582. The number of carbonyl (C=O) groups is 1. The van der Waals surface area contributed by atoms with E-state index in [0.717, 1.165) is 16.9 Å². The van der Waals surface area contributed by atoms with Crippen LogP contribution >= 0.6 is 0 Å². The zero-order valence-electron chi connectivity index (χ0n) is 16.6. The van der Waals surface area contributed by atoms with Gasteiger partial charge in [-0.25, -0.2) is 0 Å². The number of esters is 1. The molecule has 0 saturated carbocycles. The summed E-state index contributed by atoms with van der Waals surface area (Å²) in [6.45, 7) is 1.83. The fourth-order valence-electron chi connectivity index (χ4n) is 3.00. The number of hydrogen-bond donors (Lipinski definition) is 0. The Morgan fingerprint density at radius 3 is 2.00 bits per heavy atom. The molecule has 0 fully saturated rings. The van der Waals surface area contributed by atoms with Crippen LogP contribution in [0, 0.1) is 0 Å². The van der Waals surface area contributed by atoms with Gasteiger partial charge in [0.2, 0.25) is 0 Å². The first-order valence-corrected chi connectivity index (χ1v) is 11.2. The van der Waals surface area contributed by atoms with Gasteiger partial charge in [-0.15, -0.1) is 0 Å². The molecule has 3 aromatic rings. The van der Waals surface area contributed by atoms with Crippen LogP contribution in [0.15, 0.2) is 89.4 Å². The van der Waals surface area contributed by atoms with Crippen LogP contribution in [-0.2, 0) is 9.53 Å². The van der Waals surface area contributed by atoms with Crippen molar-refractivity contribution in [1.82, 2.24) is 0 Å². The Morgan fingerprint density at radius 1 is 0.828 bits per heavy atom. The summed E-state index contributed by atoms with van der Waals surface area (Å²) >= 11 is 0.104. The zero-order valence-corrected chi connectivity index (χ0v) is 18.3. The van der Waals surface area contributed by atoms with E-state index in [1.807, 2.05) is 24.3 Å². The van der Waals surface area contributed by atoms with E-state index in [1.54, 1.807) is 7.11 Å². The van der Waals surface area contributed by atoms with Crippen molar-refractivity contribution < 1.29 is 14.3 Å². The van der Waals surface area contributed by atoms with Gasteiger partial charge in [0.15, 0.2) is 0 Å². The van der Waals surface area contributed by atoms with E-state index in [9.17, 15) is 4.79 Å². The van der Waals surface area contributed by atoms with E-state index < -0.39 is 0 Å². The molecule has 3 rings (SSSR count). The molecule has 0 radical (unpaired) electrons. The molecule has 0 aliphatic carbocycles. The van der Waals surface area contributed by atoms with Crippen LogP contribution in [0.1, 0.15) is 24.5 Å². The molecule has 0 bridgehead atoms. The second-order valence-corrected chi connectivity index (χ2v) is 8.85. The van der Waals surface area contributed by atoms with Crippen molar-refractivity contribution >= 4 is 31.0 Å². The summed E-state index contributed by atoms with van der Waals surface area (Å²) in [5.41, 5.74) is 3.49. The molecule has 0 unspecified atom stereocenters. The van der Waals surface area contributed by atoms with Gasteiger partial charge in [-0.3, -0.25) is 0 Å². The first-order chi connectivity index (χ1) is 14.2. The third-order valence-corrected chi connectivity index (χ3v) is 6.78. The van der Waals surface area contributed by atoms with Crippen molar-refractivity contribution in [3.05, 3.63) is 101 Å². The number of carbonyl (C=O) groups excluding carboxylic acids is 1. The minimum absolute atomic E-state index is 0.104. The normalized spacial score (nSPS) is 11.5. The van der Waals surface area contributed by atoms with Crippen LogP contribution in [0.2, 0.25) is 0 Å². The van der Waals surface area contributed by atoms with Crippen molar-refractivity contribution in [2.75, 3.05) is 13.7 Å². The van der Waals surface area contributed by atoms with Gasteiger partial charge >= 0.3 is 179 Å². The molecule has 0 aliphatic heterocycles. The first-order valence-electron chi connectivity index (χ1n) is 9.46. The average molecular weight is 451 g/mol. The maximum atomic E-state index is 11.3. The third kappa shape index (κ3) is 6.08. The fraction of sp³-hybridized carbons (Fsp3) is 0.160. The summed E-state index contributed by atoms with van der Waals surface area (Å²) in [6, 6.07) is 29.0. The summed E-state index contributed by atoms with van der Waals surface area (Å²) in [6.07, 6.45) is 0.699. The molecule has 4 heteroatoms. The molecule has 3 nitrogen and oxygen atoms in total. The van der Waals surface area contributed by atoms with Crippen LogP contribution in [0.3, 0.4) is 0 Å². The van der Waals surface area contributed by atoms with Gasteiger partial charge in [-0.2, -0.15) is 0 Å². The van der Waals surface area contributed by atoms with Crippen molar-refractivity contribution in [2.24, 2.45) is 0 Å². The monoisotopic (exact) mass is 452 g/mol. The van der Waals surface area contributed by atoms with Gasteiger partial charge in [0.1, 0.15) is 0 Å². The molecule has 0 saturated heterocycles. The number of hydrogen-bond acceptors (Lipinski definition) is 3. The molecule has 0 heterocycles. The molecule has 0 spiro atoms. The fourth-order valence-corrected chi connectivity index (χ4v) is 5.31. The van der Waals surface area contributed by atoms with Crippen molar-refractivity contribution in [3.63, 3.8) is 0 Å². The molecule has 29 heavy (non-hydrogen) atoms. The molecule has 3 aromatic carbocycles. The third-order valence-electron chi connectivity index (χ3n) is 4.34. The van der Waals surface area contributed by atoms with Crippen LogP contribution < -0.4 is 9.20 Å². The molecule has 0 amide bonds. The van der Waals surface area contributed by atoms with Crippen LogP contribution in [0.5, 0.6) is 5.75 Å². The van der Waals surface area contributed by atoms with E-state index in [4.69, 9.17) is 9.47 Å². The summed E-state index contributed by atoms with van der Waals surface area (Å²) in [7, 11) is 1.67. The molecular formula is C25H24O3Se. The van der Waals surface area contributed by atoms with Crippen molar-refractivity contribution in [3.8, 4) is 5.75 Å². The number of ether oxygens (including phenoxy) is 2. The number of methoxy groups -OCH3 is 1. The Hall–Kier alpha value is -2.81. The topological polar surface area (TPSA) is 35.5 Å². The van der Waals surface area contributed by atoms with Crippen LogP contribution in [0.4, 0.5) is 0 Å². The Labute approximate surface area is 178 Å². The second-order valence-electron chi connectivity index (χ2n) is 6.40. The zero-order chi connectivity index (χ0) is 20.5. The van der Waals surface area contributed by atoms with E-state index >= 15 is 0 Å². The molecule has 0 aliphatic rings. The van der Waals surface area contributed by atoms with Gasteiger partial charge in [0, 0.05) is 0 Å². The van der Waals surface area contributed by atoms with E-state index in [-0.39, 0.29) is 20.9 Å². The Morgan fingerprint density at radius 2 is 1.41 bits per heavy atom. The summed E-state index contributed by atoms with van der Waals surface area (Å²) in [5, 5.41) is 0. The number of rotatable bonds is 8.